The maximum atomic E-state index is 13.4. The third kappa shape index (κ3) is 8.54. The summed E-state index contributed by atoms with van der Waals surface area (Å²) in [5, 5.41) is 17.8. The van der Waals surface area contributed by atoms with Crippen LogP contribution in [0.2, 0.25) is 0 Å². The second-order valence-electron chi connectivity index (χ2n) is 10.7. The fraction of sp³-hybridized carbons (Fsp3) is 0.615. The number of carbonyl (C=O) groups excluding carboxylic acids is 4. The van der Waals surface area contributed by atoms with Crippen LogP contribution in [0.25, 0.3) is 0 Å². The molecule has 2 fully saturated rings. The van der Waals surface area contributed by atoms with E-state index in [0.717, 1.165) is 37.7 Å². The van der Waals surface area contributed by atoms with E-state index in [1.54, 1.807) is 12.1 Å². The maximum absolute atomic E-state index is 13.4. The smallest absolute Gasteiger partial charge is 0.244 e. The van der Waals surface area contributed by atoms with Crippen molar-refractivity contribution in [3.05, 3.63) is 29.8 Å². The molecule has 1 aromatic carbocycles. The summed E-state index contributed by atoms with van der Waals surface area (Å²) in [4.78, 5) is 52.0. The lowest BCUT2D eigenvalue weighted by atomic mass is 9.84. The van der Waals surface area contributed by atoms with Crippen LogP contribution in [0.15, 0.2) is 24.3 Å². The van der Waals surface area contributed by atoms with Gasteiger partial charge in [-0.25, -0.2) is 0 Å². The largest absolute Gasteiger partial charge is 0.508 e. The Hall–Kier alpha value is -2.44. The Labute approximate surface area is 231 Å². The van der Waals surface area contributed by atoms with E-state index in [0.29, 0.717) is 6.42 Å². The van der Waals surface area contributed by atoms with Crippen LogP contribution in [-0.2, 0) is 25.6 Å². The highest BCUT2D eigenvalue weighted by atomic mass is 33.1. The Bertz CT molecular complexity index is 1000. The monoisotopic (exact) mass is 565 g/mol. The van der Waals surface area contributed by atoms with Gasteiger partial charge in [0.05, 0.1) is 6.04 Å². The van der Waals surface area contributed by atoms with Gasteiger partial charge in [-0.15, -0.1) is 0 Å². The van der Waals surface area contributed by atoms with Crippen LogP contribution < -0.4 is 27.4 Å². The lowest BCUT2D eigenvalue weighted by Crippen LogP contribution is -2.60. The molecule has 8 N–H and O–H groups in total. The van der Waals surface area contributed by atoms with Crippen molar-refractivity contribution in [2.45, 2.75) is 87.7 Å². The Kier molecular flexibility index (Phi) is 10.8. The molecule has 1 saturated carbocycles. The van der Waals surface area contributed by atoms with Gasteiger partial charge >= 0.3 is 0 Å². The molecule has 3 rings (SSSR count). The number of amides is 4. The number of carbonyl (C=O) groups is 4. The van der Waals surface area contributed by atoms with E-state index in [2.05, 4.69) is 16.0 Å². The molecule has 12 heteroatoms. The SMILES string of the molecule is CC1(C)SSC[C@@H](NC(=O)[C@@H](N)Cc2ccc(O)cc2)C(=O)N[C@@H](CC2CCCCC2)C(=O)N[C@H]1C(N)=O. The minimum atomic E-state index is -0.942. The van der Waals surface area contributed by atoms with E-state index >= 15 is 0 Å². The molecule has 0 radical (unpaired) electrons. The van der Waals surface area contributed by atoms with E-state index in [-0.39, 0.29) is 23.8 Å². The fourth-order valence-corrected chi connectivity index (χ4v) is 7.66. The number of nitrogens with two attached hydrogens (primary N) is 2. The van der Waals surface area contributed by atoms with Gasteiger partial charge in [0.15, 0.2) is 0 Å². The summed E-state index contributed by atoms with van der Waals surface area (Å²) in [6.07, 6.45) is 5.94. The maximum Gasteiger partial charge on any atom is 0.244 e. The first-order valence-corrected chi connectivity index (χ1v) is 15.3. The zero-order chi connectivity index (χ0) is 27.9. The van der Waals surface area contributed by atoms with Crippen LogP contribution in [-0.4, -0.2) is 63.4 Å². The van der Waals surface area contributed by atoms with Crippen molar-refractivity contribution in [3.63, 3.8) is 0 Å². The molecule has 0 unspecified atom stereocenters. The van der Waals surface area contributed by atoms with Gasteiger partial charge in [0.25, 0.3) is 0 Å². The lowest BCUT2D eigenvalue weighted by molar-refractivity contribution is -0.133. The fourth-order valence-electron chi connectivity index (χ4n) is 4.83. The van der Waals surface area contributed by atoms with Gasteiger partial charge < -0.3 is 32.5 Å². The number of primary amides is 1. The van der Waals surface area contributed by atoms with Crippen LogP contribution in [0.5, 0.6) is 5.75 Å². The Morgan fingerprint density at radius 3 is 2.39 bits per heavy atom. The first-order valence-electron chi connectivity index (χ1n) is 13.0. The summed E-state index contributed by atoms with van der Waals surface area (Å²) >= 11 is 0. The second-order valence-corrected chi connectivity index (χ2v) is 13.6. The highest BCUT2D eigenvalue weighted by Crippen LogP contribution is 2.39. The van der Waals surface area contributed by atoms with E-state index in [1.807, 2.05) is 13.8 Å². The van der Waals surface area contributed by atoms with Crippen molar-refractivity contribution >= 4 is 45.2 Å². The van der Waals surface area contributed by atoms with E-state index < -0.39 is 52.5 Å². The van der Waals surface area contributed by atoms with Gasteiger partial charge in [-0.1, -0.05) is 65.8 Å². The number of hydrogen-bond donors (Lipinski definition) is 6. The molecule has 1 aromatic rings. The topological polar surface area (TPSA) is 177 Å². The molecule has 1 saturated heterocycles. The van der Waals surface area contributed by atoms with Crippen molar-refractivity contribution in [2.75, 3.05) is 5.75 Å². The molecule has 1 heterocycles. The summed E-state index contributed by atoms with van der Waals surface area (Å²) in [6, 6.07) is 2.74. The normalized spacial score (nSPS) is 25.8. The second kappa shape index (κ2) is 13.6. The molecule has 2 aliphatic rings. The third-order valence-electron chi connectivity index (χ3n) is 7.06. The van der Waals surface area contributed by atoms with Crippen LogP contribution in [0, 0.1) is 5.92 Å². The number of hydrogen-bond acceptors (Lipinski definition) is 8. The van der Waals surface area contributed by atoms with Crippen molar-refractivity contribution in [1.29, 1.82) is 0 Å². The van der Waals surface area contributed by atoms with Gasteiger partial charge in [-0.3, -0.25) is 19.2 Å². The number of phenolic OH excluding ortho intramolecular Hbond substituents is 1. The van der Waals surface area contributed by atoms with Crippen molar-refractivity contribution in [1.82, 2.24) is 16.0 Å². The van der Waals surface area contributed by atoms with E-state index in [1.165, 1.54) is 33.7 Å². The van der Waals surface area contributed by atoms with Crippen molar-refractivity contribution in [3.8, 4) is 5.75 Å². The predicted octanol–water partition coefficient (Wildman–Crippen LogP) is 1.35. The molecule has 0 spiro atoms. The Morgan fingerprint density at radius 1 is 1.11 bits per heavy atom. The van der Waals surface area contributed by atoms with Crippen LogP contribution in [0.1, 0.15) is 57.9 Å². The van der Waals surface area contributed by atoms with E-state index in [9.17, 15) is 24.3 Å². The molecule has 38 heavy (non-hydrogen) atoms. The first-order chi connectivity index (χ1) is 18.0. The molecule has 4 amide bonds. The van der Waals surface area contributed by atoms with Gasteiger partial charge in [-0.2, -0.15) is 0 Å². The summed E-state index contributed by atoms with van der Waals surface area (Å²) in [7, 11) is 2.63. The number of rotatable bonds is 7. The summed E-state index contributed by atoms with van der Waals surface area (Å²) < 4.78 is -0.765. The predicted molar refractivity (Wildman–Crippen MR) is 150 cm³/mol. The van der Waals surface area contributed by atoms with Crippen molar-refractivity contribution in [2.24, 2.45) is 17.4 Å². The highest BCUT2D eigenvalue weighted by molar-refractivity contribution is 8.77. The molecule has 0 aromatic heterocycles. The summed E-state index contributed by atoms with van der Waals surface area (Å²) in [5.74, 6) is -1.49. The molecular weight excluding hydrogens is 526 g/mol. The quantitative estimate of drug-likeness (QED) is 0.268. The minimum absolute atomic E-state index is 0.115. The first kappa shape index (κ1) is 30.1. The number of benzene rings is 1. The van der Waals surface area contributed by atoms with Crippen LogP contribution in [0.4, 0.5) is 0 Å². The van der Waals surface area contributed by atoms with Crippen LogP contribution in [0.3, 0.4) is 0 Å². The average molecular weight is 566 g/mol. The summed E-state index contributed by atoms with van der Waals surface area (Å²) in [6.45, 7) is 3.62. The number of aromatic hydroxyl groups is 1. The minimum Gasteiger partial charge on any atom is -0.508 e. The highest BCUT2D eigenvalue weighted by Gasteiger charge is 2.40. The van der Waals surface area contributed by atoms with Crippen LogP contribution >= 0.6 is 21.6 Å². The average Bonchev–Trinajstić information content (AvgIpc) is 2.88. The molecule has 1 aliphatic heterocycles. The molecule has 10 nitrogen and oxygen atoms in total. The Morgan fingerprint density at radius 2 is 1.76 bits per heavy atom. The summed E-state index contributed by atoms with van der Waals surface area (Å²) in [5.41, 5.74) is 12.6. The zero-order valence-electron chi connectivity index (χ0n) is 21.9. The molecular formula is C26H39N5O5S2. The van der Waals surface area contributed by atoms with Crippen molar-refractivity contribution < 1.29 is 24.3 Å². The molecule has 1 aliphatic carbocycles. The van der Waals surface area contributed by atoms with E-state index in [4.69, 9.17) is 11.5 Å². The third-order valence-corrected chi connectivity index (χ3v) is 10.4. The zero-order valence-corrected chi connectivity index (χ0v) is 23.5. The van der Waals surface area contributed by atoms with Gasteiger partial charge in [-0.05, 0) is 50.3 Å². The van der Waals surface area contributed by atoms with Gasteiger partial charge in [0.1, 0.15) is 23.9 Å². The molecule has 210 valence electrons. The lowest BCUT2D eigenvalue weighted by Gasteiger charge is -2.33. The number of phenols is 1. The Balaban J connectivity index is 1.78. The van der Waals surface area contributed by atoms with Gasteiger partial charge in [0, 0.05) is 10.5 Å². The number of nitrogens with one attached hydrogen (secondary N) is 3. The molecule has 0 bridgehead atoms. The molecule has 4 atom stereocenters. The standard InChI is InChI=1S/C26H39N5O5S2/c1-26(2)21(22(28)33)31-24(35)19(13-15-6-4-3-5-7-15)29-25(36)20(14-37-38-26)30-23(34)18(27)12-16-8-10-17(32)11-9-16/h8-11,15,18-21,32H,3-7,12-14,27H2,1-2H3,(H2,28,33)(H,29,36)(H,30,34)(H,31,35)/t18-,19-,20+,21-/m0/s1. The van der Waals surface area contributed by atoms with Gasteiger partial charge in [0.2, 0.25) is 23.6 Å².